The standard InChI is InChI=1S/C14H10BrNO6S/c1-21-11-3-2-8(6-9(11)16(19)20)14(18)22-7-10(17)12-4-5-13(15)23-12/h2-6H,7H2,1H3. The van der Waals surface area contributed by atoms with Gasteiger partial charge in [-0.25, -0.2) is 4.79 Å². The number of nitro benzene ring substituents is 1. The summed E-state index contributed by atoms with van der Waals surface area (Å²) in [6.07, 6.45) is 0. The van der Waals surface area contributed by atoms with Crippen LogP contribution in [0.3, 0.4) is 0 Å². The summed E-state index contributed by atoms with van der Waals surface area (Å²) in [6.45, 7) is -0.439. The highest BCUT2D eigenvalue weighted by atomic mass is 79.9. The van der Waals surface area contributed by atoms with Crippen molar-refractivity contribution in [2.75, 3.05) is 13.7 Å². The molecule has 0 N–H and O–H groups in total. The van der Waals surface area contributed by atoms with E-state index in [0.717, 1.165) is 9.85 Å². The summed E-state index contributed by atoms with van der Waals surface area (Å²) in [4.78, 5) is 34.5. The number of hydrogen-bond acceptors (Lipinski definition) is 7. The van der Waals surface area contributed by atoms with Crippen LogP contribution in [-0.2, 0) is 4.74 Å². The molecule has 0 aliphatic rings. The van der Waals surface area contributed by atoms with Crippen molar-refractivity contribution in [2.24, 2.45) is 0 Å². The molecule has 0 amide bonds. The lowest BCUT2D eigenvalue weighted by Crippen LogP contribution is -2.13. The quantitative estimate of drug-likeness (QED) is 0.319. The third-order valence-electron chi connectivity index (χ3n) is 2.79. The molecule has 0 bridgehead atoms. The van der Waals surface area contributed by atoms with E-state index in [9.17, 15) is 19.7 Å². The molecule has 0 fully saturated rings. The molecule has 0 aliphatic carbocycles. The number of nitrogens with zero attached hydrogens (tertiary/aromatic N) is 1. The second-order valence-electron chi connectivity index (χ2n) is 4.25. The molecule has 0 spiro atoms. The first-order valence-corrected chi connectivity index (χ1v) is 7.81. The third-order valence-corrected chi connectivity index (χ3v) is 4.46. The van der Waals surface area contributed by atoms with Gasteiger partial charge in [0.25, 0.3) is 0 Å². The predicted octanol–water partition coefficient (Wildman–Crippen LogP) is 3.47. The van der Waals surface area contributed by atoms with Crippen LogP contribution < -0.4 is 4.74 Å². The fraction of sp³-hybridized carbons (Fsp3) is 0.143. The lowest BCUT2D eigenvalue weighted by molar-refractivity contribution is -0.385. The van der Waals surface area contributed by atoms with Crippen LogP contribution in [0.5, 0.6) is 5.75 Å². The minimum Gasteiger partial charge on any atom is -0.490 e. The van der Waals surface area contributed by atoms with Crippen LogP contribution in [-0.4, -0.2) is 30.4 Å². The monoisotopic (exact) mass is 399 g/mol. The van der Waals surface area contributed by atoms with Gasteiger partial charge in [0.15, 0.2) is 12.4 Å². The van der Waals surface area contributed by atoms with E-state index in [1.165, 1.54) is 30.6 Å². The second kappa shape index (κ2) is 7.34. The normalized spacial score (nSPS) is 10.2. The number of ketones is 1. The average molecular weight is 400 g/mol. The number of nitro groups is 1. The molecule has 0 unspecified atom stereocenters. The molecule has 2 aromatic rings. The van der Waals surface area contributed by atoms with Crippen molar-refractivity contribution in [1.29, 1.82) is 0 Å². The molecule has 0 aliphatic heterocycles. The fourth-order valence-electron chi connectivity index (χ4n) is 1.71. The molecular formula is C14H10BrNO6S. The topological polar surface area (TPSA) is 95.7 Å². The first-order chi connectivity index (χ1) is 10.9. The molecule has 0 radical (unpaired) electrons. The number of hydrogen-bond donors (Lipinski definition) is 0. The van der Waals surface area contributed by atoms with E-state index in [-0.39, 0.29) is 22.8 Å². The van der Waals surface area contributed by atoms with Gasteiger partial charge in [0.05, 0.1) is 26.3 Å². The summed E-state index contributed by atoms with van der Waals surface area (Å²) < 4.78 is 10.5. The van der Waals surface area contributed by atoms with Crippen molar-refractivity contribution in [3.8, 4) is 5.75 Å². The number of esters is 1. The van der Waals surface area contributed by atoms with E-state index in [1.54, 1.807) is 12.1 Å². The number of benzene rings is 1. The molecule has 0 atom stereocenters. The van der Waals surface area contributed by atoms with E-state index < -0.39 is 17.5 Å². The highest BCUT2D eigenvalue weighted by Gasteiger charge is 2.20. The van der Waals surface area contributed by atoms with Crippen LogP contribution in [0.15, 0.2) is 34.1 Å². The summed E-state index contributed by atoms with van der Waals surface area (Å²) in [5, 5.41) is 10.9. The number of carbonyl (C=O) groups is 2. The van der Waals surface area contributed by atoms with Crippen molar-refractivity contribution < 1.29 is 24.0 Å². The van der Waals surface area contributed by atoms with Crippen LogP contribution in [0.4, 0.5) is 5.69 Å². The summed E-state index contributed by atoms with van der Waals surface area (Å²) in [5.41, 5.74) is -0.381. The van der Waals surface area contributed by atoms with Gasteiger partial charge in [0, 0.05) is 6.07 Å². The van der Waals surface area contributed by atoms with Gasteiger partial charge in [0.2, 0.25) is 5.78 Å². The number of halogens is 1. The van der Waals surface area contributed by atoms with E-state index >= 15 is 0 Å². The lowest BCUT2D eigenvalue weighted by Gasteiger charge is -2.05. The molecular weight excluding hydrogens is 390 g/mol. The van der Waals surface area contributed by atoms with Gasteiger partial charge in [-0.2, -0.15) is 0 Å². The number of rotatable bonds is 6. The number of ether oxygens (including phenoxy) is 2. The Bertz CT molecular complexity index is 772. The smallest absolute Gasteiger partial charge is 0.338 e. The molecule has 2 rings (SSSR count). The second-order valence-corrected chi connectivity index (χ2v) is 6.71. The maximum Gasteiger partial charge on any atom is 0.338 e. The Labute approximate surface area is 143 Å². The highest BCUT2D eigenvalue weighted by molar-refractivity contribution is 9.11. The predicted molar refractivity (Wildman–Crippen MR) is 86.3 cm³/mol. The maximum absolute atomic E-state index is 11.9. The number of Topliss-reactive ketones (excluding diaryl/α,β-unsaturated/α-hetero) is 1. The van der Waals surface area contributed by atoms with Crippen molar-refractivity contribution in [3.05, 3.63) is 54.7 Å². The van der Waals surface area contributed by atoms with Crippen LogP contribution >= 0.6 is 27.3 Å². The Balaban J connectivity index is 2.07. The van der Waals surface area contributed by atoms with Crippen LogP contribution in [0.25, 0.3) is 0 Å². The maximum atomic E-state index is 11.9. The molecule has 1 heterocycles. The van der Waals surface area contributed by atoms with Crippen LogP contribution in [0, 0.1) is 10.1 Å². The van der Waals surface area contributed by atoms with Crippen molar-refractivity contribution in [1.82, 2.24) is 0 Å². The van der Waals surface area contributed by atoms with Gasteiger partial charge in [-0.05, 0) is 40.2 Å². The van der Waals surface area contributed by atoms with Gasteiger partial charge >= 0.3 is 11.7 Å². The summed E-state index contributed by atoms with van der Waals surface area (Å²) in [6, 6.07) is 7.01. The van der Waals surface area contributed by atoms with E-state index in [1.807, 2.05) is 0 Å². The van der Waals surface area contributed by atoms with E-state index in [0.29, 0.717) is 4.88 Å². The van der Waals surface area contributed by atoms with Crippen LogP contribution in [0.2, 0.25) is 0 Å². The zero-order valence-electron chi connectivity index (χ0n) is 11.8. The Morgan fingerprint density at radius 2 is 2.04 bits per heavy atom. The minimum absolute atomic E-state index is 0.0299. The zero-order chi connectivity index (χ0) is 17.0. The molecule has 7 nitrogen and oxygen atoms in total. The van der Waals surface area contributed by atoms with E-state index in [4.69, 9.17) is 9.47 Å². The largest absolute Gasteiger partial charge is 0.490 e. The summed E-state index contributed by atoms with van der Waals surface area (Å²) >= 11 is 4.46. The Hall–Kier alpha value is -2.26. The summed E-state index contributed by atoms with van der Waals surface area (Å²) in [7, 11) is 1.29. The van der Waals surface area contributed by atoms with E-state index in [2.05, 4.69) is 15.9 Å². The third kappa shape index (κ3) is 4.14. The Morgan fingerprint density at radius 3 is 2.61 bits per heavy atom. The number of thiophene rings is 1. The Kier molecular flexibility index (Phi) is 5.45. The Morgan fingerprint density at radius 1 is 1.30 bits per heavy atom. The lowest BCUT2D eigenvalue weighted by atomic mass is 10.2. The van der Waals surface area contributed by atoms with Crippen molar-refractivity contribution >= 4 is 44.7 Å². The number of methoxy groups -OCH3 is 1. The zero-order valence-corrected chi connectivity index (χ0v) is 14.2. The molecule has 120 valence electrons. The molecule has 0 saturated heterocycles. The van der Waals surface area contributed by atoms with Gasteiger partial charge < -0.3 is 9.47 Å². The van der Waals surface area contributed by atoms with Gasteiger partial charge in [-0.15, -0.1) is 11.3 Å². The number of carbonyl (C=O) groups excluding carboxylic acids is 2. The highest BCUT2D eigenvalue weighted by Crippen LogP contribution is 2.28. The first-order valence-electron chi connectivity index (χ1n) is 6.20. The minimum atomic E-state index is -0.820. The molecule has 0 saturated carbocycles. The molecule has 9 heteroatoms. The van der Waals surface area contributed by atoms with Gasteiger partial charge in [0.1, 0.15) is 0 Å². The first kappa shape index (κ1) is 17.1. The SMILES string of the molecule is COc1ccc(C(=O)OCC(=O)c2ccc(Br)s2)cc1[N+](=O)[O-]. The van der Waals surface area contributed by atoms with Crippen molar-refractivity contribution in [3.63, 3.8) is 0 Å². The molecule has 23 heavy (non-hydrogen) atoms. The summed E-state index contributed by atoms with van der Waals surface area (Å²) in [5.74, 6) is -1.14. The average Bonchev–Trinajstić information content (AvgIpc) is 2.98. The fourth-order valence-corrected chi connectivity index (χ4v) is 3.02. The van der Waals surface area contributed by atoms with Gasteiger partial charge in [-0.1, -0.05) is 0 Å². The van der Waals surface area contributed by atoms with Gasteiger partial charge in [-0.3, -0.25) is 14.9 Å². The molecule has 1 aromatic heterocycles. The van der Waals surface area contributed by atoms with Crippen molar-refractivity contribution in [2.45, 2.75) is 0 Å². The van der Waals surface area contributed by atoms with Crippen LogP contribution in [0.1, 0.15) is 20.0 Å². The molecule has 1 aromatic carbocycles.